The third-order valence-corrected chi connectivity index (χ3v) is 6.80. The van der Waals surface area contributed by atoms with Gasteiger partial charge in [-0.25, -0.2) is 13.4 Å². The monoisotopic (exact) mass is 435 g/mol. The normalized spacial score (nSPS) is 12.1. The van der Waals surface area contributed by atoms with Crippen molar-refractivity contribution in [3.63, 3.8) is 0 Å². The Kier molecular flexibility index (Phi) is 4.92. The van der Waals surface area contributed by atoms with E-state index < -0.39 is 10.0 Å². The second kappa shape index (κ2) is 6.20. The van der Waals surface area contributed by atoms with Gasteiger partial charge in [0, 0.05) is 35.4 Å². The molecule has 0 bridgehead atoms. The highest BCUT2D eigenvalue weighted by molar-refractivity contribution is 9.11. The van der Waals surface area contributed by atoms with Crippen molar-refractivity contribution >= 4 is 41.9 Å². The highest BCUT2D eigenvalue weighted by Gasteiger charge is 2.25. The van der Waals surface area contributed by atoms with E-state index in [0.717, 1.165) is 10.0 Å². The third kappa shape index (κ3) is 3.39. The zero-order valence-corrected chi connectivity index (χ0v) is 15.8. The van der Waals surface area contributed by atoms with Gasteiger partial charge >= 0.3 is 0 Å². The van der Waals surface area contributed by atoms with Crippen LogP contribution in [0, 0.1) is 6.92 Å². The predicted molar refractivity (Wildman–Crippen MR) is 88.4 cm³/mol. The first-order valence-electron chi connectivity index (χ1n) is 6.11. The van der Waals surface area contributed by atoms with E-state index in [4.69, 9.17) is 0 Å². The number of hydrogen-bond acceptors (Lipinski definition) is 3. The second-order valence-electron chi connectivity index (χ2n) is 4.75. The van der Waals surface area contributed by atoms with E-state index in [0.29, 0.717) is 10.3 Å². The zero-order chi connectivity index (χ0) is 15.8. The van der Waals surface area contributed by atoms with Crippen LogP contribution in [0.1, 0.15) is 11.4 Å². The quantitative estimate of drug-likeness (QED) is 0.739. The van der Waals surface area contributed by atoms with Gasteiger partial charge in [0.05, 0.1) is 11.4 Å². The van der Waals surface area contributed by atoms with E-state index in [1.165, 1.54) is 4.31 Å². The summed E-state index contributed by atoms with van der Waals surface area (Å²) in [5.74, 6) is 0.684. The first-order chi connectivity index (χ1) is 9.73. The Bertz CT molecular complexity index is 772. The van der Waals surface area contributed by atoms with Crippen LogP contribution in [0.3, 0.4) is 0 Å². The molecule has 0 saturated carbocycles. The molecule has 0 N–H and O–H groups in total. The van der Waals surface area contributed by atoms with Gasteiger partial charge in [-0.05, 0) is 40.5 Å². The molecule has 0 radical (unpaired) electrons. The van der Waals surface area contributed by atoms with Crippen LogP contribution in [0.25, 0.3) is 0 Å². The van der Waals surface area contributed by atoms with Gasteiger partial charge in [-0.2, -0.15) is 4.31 Å². The molecule has 0 unspecified atom stereocenters. The molecule has 0 spiro atoms. The van der Waals surface area contributed by atoms with Crippen LogP contribution in [0.2, 0.25) is 0 Å². The summed E-state index contributed by atoms with van der Waals surface area (Å²) in [6, 6.07) is 3.40. The van der Waals surface area contributed by atoms with Gasteiger partial charge in [-0.1, -0.05) is 15.9 Å². The minimum Gasteiger partial charge on any atom is -0.337 e. The van der Waals surface area contributed by atoms with E-state index >= 15 is 0 Å². The number of hydrogen-bond donors (Lipinski definition) is 0. The number of nitrogens with zero attached hydrogens (tertiary/aromatic N) is 3. The Balaban J connectivity index is 2.38. The van der Waals surface area contributed by atoms with Crippen molar-refractivity contribution in [2.75, 3.05) is 7.05 Å². The summed E-state index contributed by atoms with van der Waals surface area (Å²) in [6.07, 6.45) is 3.43. The number of rotatable bonds is 4. The Morgan fingerprint density at radius 2 is 1.95 bits per heavy atom. The molecule has 0 fully saturated rings. The lowest BCUT2D eigenvalue weighted by atomic mass is 10.2. The maximum Gasteiger partial charge on any atom is 0.244 e. The van der Waals surface area contributed by atoms with E-state index in [1.807, 2.05) is 14.0 Å². The average Bonchev–Trinajstić information content (AvgIpc) is 2.79. The first kappa shape index (κ1) is 16.7. The molecule has 21 heavy (non-hydrogen) atoms. The van der Waals surface area contributed by atoms with Gasteiger partial charge in [0.1, 0.15) is 5.82 Å². The molecular formula is C13H15Br2N3O2S. The van der Waals surface area contributed by atoms with Crippen LogP contribution in [0.15, 0.2) is 38.4 Å². The fraction of sp³-hybridized carbons (Fsp3) is 0.308. The molecule has 5 nitrogen and oxygen atoms in total. The molecule has 0 atom stereocenters. The Hall–Kier alpha value is -0.700. The molecule has 0 amide bonds. The molecule has 114 valence electrons. The molecule has 0 aliphatic heterocycles. The highest BCUT2D eigenvalue weighted by Crippen LogP contribution is 2.30. The number of imidazole rings is 1. The number of aryl methyl sites for hydroxylation is 2. The van der Waals surface area contributed by atoms with Crippen LogP contribution >= 0.6 is 31.9 Å². The highest BCUT2D eigenvalue weighted by atomic mass is 79.9. The number of halogens is 2. The Morgan fingerprint density at radius 1 is 1.29 bits per heavy atom. The van der Waals surface area contributed by atoms with E-state index in [1.54, 1.807) is 36.1 Å². The van der Waals surface area contributed by atoms with Crippen LogP contribution in [0.5, 0.6) is 0 Å². The zero-order valence-electron chi connectivity index (χ0n) is 11.8. The molecule has 0 aliphatic rings. The molecule has 2 rings (SSSR count). The molecular weight excluding hydrogens is 422 g/mol. The summed E-state index contributed by atoms with van der Waals surface area (Å²) >= 11 is 6.70. The van der Waals surface area contributed by atoms with Crippen molar-refractivity contribution in [3.8, 4) is 0 Å². The van der Waals surface area contributed by atoms with Crippen molar-refractivity contribution < 1.29 is 8.42 Å². The minimum absolute atomic E-state index is 0.212. The minimum atomic E-state index is -3.60. The van der Waals surface area contributed by atoms with Crippen LogP contribution in [0.4, 0.5) is 0 Å². The molecule has 1 aromatic heterocycles. The fourth-order valence-corrected chi connectivity index (χ4v) is 4.59. The van der Waals surface area contributed by atoms with Crippen molar-refractivity contribution in [1.82, 2.24) is 13.9 Å². The van der Waals surface area contributed by atoms with Gasteiger partial charge < -0.3 is 4.57 Å². The number of benzene rings is 1. The summed E-state index contributed by atoms with van der Waals surface area (Å²) < 4.78 is 29.8. The Morgan fingerprint density at radius 3 is 2.52 bits per heavy atom. The third-order valence-electron chi connectivity index (χ3n) is 3.19. The van der Waals surface area contributed by atoms with Gasteiger partial charge in [-0.15, -0.1) is 0 Å². The van der Waals surface area contributed by atoms with Crippen LogP contribution < -0.4 is 0 Å². The van der Waals surface area contributed by atoms with Crippen molar-refractivity contribution in [2.45, 2.75) is 18.4 Å². The van der Waals surface area contributed by atoms with Crippen molar-refractivity contribution in [1.29, 1.82) is 0 Å². The van der Waals surface area contributed by atoms with Crippen molar-refractivity contribution in [3.05, 3.63) is 44.9 Å². The Labute approximate surface area is 141 Å². The van der Waals surface area contributed by atoms with Gasteiger partial charge in [0.2, 0.25) is 10.0 Å². The molecule has 8 heteroatoms. The maximum absolute atomic E-state index is 12.7. The first-order valence-corrected chi connectivity index (χ1v) is 9.14. The number of sulfonamides is 1. The predicted octanol–water partition coefficient (Wildman–Crippen LogP) is 3.07. The van der Waals surface area contributed by atoms with Gasteiger partial charge in [0.25, 0.3) is 0 Å². The van der Waals surface area contributed by atoms with E-state index in [-0.39, 0.29) is 11.4 Å². The second-order valence-corrected chi connectivity index (χ2v) is 8.47. The number of aromatic nitrogens is 2. The van der Waals surface area contributed by atoms with Crippen molar-refractivity contribution in [2.24, 2.45) is 7.05 Å². The SMILES string of the molecule is Cc1cc(Br)c(S(=O)(=O)N(C)Cc2nccn2C)cc1Br. The topological polar surface area (TPSA) is 55.2 Å². The van der Waals surface area contributed by atoms with Crippen LogP contribution in [-0.4, -0.2) is 29.3 Å². The standard InChI is InChI=1S/C13H15Br2N3O2S/c1-9-6-11(15)12(7-10(9)14)21(19,20)18(3)8-13-16-4-5-17(13)2/h4-7H,8H2,1-3H3. The lowest BCUT2D eigenvalue weighted by Crippen LogP contribution is -2.28. The summed E-state index contributed by atoms with van der Waals surface area (Å²) in [5.41, 5.74) is 0.965. The molecule has 0 saturated heterocycles. The smallest absolute Gasteiger partial charge is 0.244 e. The summed E-state index contributed by atoms with van der Waals surface area (Å²) in [6.45, 7) is 2.12. The lowest BCUT2D eigenvalue weighted by Gasteiger charge is -2.18. The lowest BCUT2D eigenvalue weighted by molar-refractivity contribution is 0.451. The van der Waals surface area contributed by atoms with Crippen LogP contribution in [-0.2, 0) is 23.6 Å². The molecule has 1 aromatic carbocycles. The summed E-state index contributed by atoms with van der Waals surface area (Å²) in [5, 5.41) is 0. The maximum atomic E-state index is 12.7. The average molecular weight is 437 g/mol. The molecule has 2 aromatic rings. The van der Waals surface area contributed by atoms with Gasteiger partial charge in [-0.3, -0.25) is 0 Å². The fourth-order valence-electron chi connectivity index (χ4n) is 1.83. The molecule has 0 aliphatic carbocycles. The summed E-state index contributed by atoms with van der Waals surface area (Å²) in [7, 11) is -0.218. The van der Waals surface area contributed by atoms with E-state index in [2.05, 4.69) is 36.8 Å². The largest absolute Gasteiger partial charge is 0.337 e. The van der Waals surface area contributed by atoms with E-state index in [9.17, 15) is 8.42 Å². The molecule has 1 heterocycles. The summed E-state index contributed by atoms with van der Waals surface area (Å²) in [4.78, 5) is 4.39. The van der Waals surface area contributed by atoms with Gasteiger partial charge in [0.15, 0.2) is 0 Å².